The van der Waals surface area contributed by atoms with Crippen LogP contribution in [0.4, 0.5) is 0 Å². The standard InChI is InChI=1S/C29H27ClN2O3/c30-21-6-3-17(4-7-21)20-11-19-13-29(34)23-12-18-5-8-22(33)26-24(18)28(29,27(35-26)25(19)31-14-20)9-10-32(23)15-16-1-2-16/h3-8,11,14,16,23,27,33-34H,1-2,9-10,12-13,15H2/t23?,27-,28-,29+/m0/s1. The fourth-order valence-corrected chi connectivity index (χ4v) is 7.77. The van der Waals surface area contributed by atoms with Crippen LogP contribution in [0.1, 0.15) is 47.8 Å². The van der Waals surface area contributed by atoms with E-state index in [2.05, 4.69) is 11.0 Å². The summed E-state index contributed by atoms with van der Waals surface area (Å²) < 4.78 is 6.58. The molecule has 2 fully saturated rings. The van der Waals surface area contributed by atoms with Gasteiger partial charge in [0.2, 0.25) is 0 Å². The minimum Gasteiger partial charge on any atom is -0.504 e. The van der Waals surface area contributed by atoms with E-state index in [9.17, 15) is 10.2 Å². The summed E-state index contributed by atoms with van der Waals surface area (Å²) in [6, 6.07) is 13.8. The number of hydrogen-bond acceptors (Lipinski definition) is 5. The summed E-state index contributed by atoms with van der Waals surface area (Å²) in [5.41, 5.74) is 4.66. The van der Waals surface area contributed by atoms with Crippen LogP contribution >= 0.6 is 11.6 Å². The van der Waals surface area contributed by atoms with Crippen molar-refractivity contribution >= 4 is 11.6 Å². The molecular formula is C29H27ClN2O3. The van der Waals surface area contributed by atoms with Crippen LogP contribution in [0.5, 0.6) is 11.5 Å². The third kappa shape index (κ3) is 2.59. The van der Waals surface area contributed by atoms with Crippen LogP contribution in [-0.2, 0) is 18.3 Å². The fourth-order valence-electron chi connectivity index (χ4n) is 7.64. The molecule has 1 unspecified atom stereocenters. The Morgan fingerprint density at radius 1 is 1.09 bits per heavy atom. The van der Waals surface area contributed by atoms with Gasteiger partial charge in [0, 0.05) is 41.4 Å². The van der Waals surface area contributed by atoms with Crippen molar-refractivity contribution in [3.05, 3.63) is 76.1 Å². The van der Waals surface area contributed by atoms with E-state index in [4.69, 9.17) is 21.3 Å². The van der Waals surface area contributed by atoms with Crippen LogP contribution in [0.15, 0.2) is 48.7 Å². The van der Waals surface area contributed by atoms with Gasteiger partial charge in [-0.25, -0.2) is 0 Å². The number of aliphatic hydroxyl groups is 1. The smallest absolute Gasteiger partial charge is 0.166 e. The third-order valence-corrected chi connectivity index (χ3v) is 9.65. The van der Waals surface area contributed by atoms with E-state index in [-0.39, 0.29) is 11.8 Å². The molecule has 8 rings (SSSR count). The van der Waals surface area contributed by atoms with Crippen molar-refractivity contribution in [2.45, 2.75) is 55.3 Å². The number of ether oxygens (including phenoxy) is 1. The van der Waals surface area contributed by atoms with Crippen molar-refractivity contribution in [1.82, 2.24) is 9.88 Å². The zero-order valence-electron chi connectivity index (χ0n) is 19.4. The minimum atomic E-state index is -0.982. The number of likely N-dealkylation sites (tertiary alicyclic amines) is 1. The van der Waals surface area contributed by atoms with E-state index in [1.165, 1.54) is 18.4 Å². The van der Waals surface area contributed by atoms with Crippen molar-refractivity contribution in [3.8, 4) is 22.6 Å². The quantitative estimate of drug-likeness (QED) is 0.556. The first-order chi connectivity index (χ1) is 17.0. The van der Waals surface area contributed by atoms with Crippen molar-refractivity contribution < 1.29 is 14.9 Å². The van der Waals surface area contributed by atoms with Crippen LogP contribution in [0.3, 0.4) is 0 Å². The highest BCUT2D eigenvalue weighted by atomic mass is 35.5. The zero-order chi connectivity index (χ0) is 23.5. The predicted molar refractivity (Wildman–Crippen MR) is 133 cm³/mol. The average Bonchev–Trinajstić information content (AvgIpc) is 3.59. The van der Waals surface area contributed by atoms with Crippen LogP contribution in [-0.4, -0.2) is 44.8 Å². The molecule has 2 N–H and O–H groups in total. The number of fused-ring (bicyclic) bond motifs is 2. The van der Waals surface area contributed by atoms with Crippen molar-refractivity contribution in [3.63, 3.8) is 0 Å². The summed E-state index contributed by atoms with van der Waals surface area (Å²) in [5, 5.41) is 24.3. The lowest BCUT2D eigenvalue weighted by Gasteiger charge is -2.63. The second-order valence-corrected chi connectivity index (χ2v) is 11.6. The lowest BCUT2D eigenvalue weighted by Crippen LogP contribution is -2.74. The molecule has 1 saturated carbocycles. The molecule has 3 aliphatic carbocycles. The van der Waals surface area contributed by atoms with E-state index in [0.717, 1.165) is 59.8 Å². The van der Waals surface area contributed by atoms with E-state index in [1.54, 1.807) is 6.07 Å². The summed E-state index contributed by atoms with van der Waals surface area (Å²) in [6.07, 6.45) is 6.22. The first-order valence-corrected chi connectivity index (χ1v) is 13.1. The molecule has 5 aliphatic rings. The number of benzene rings is 2. The van der Waals surface area contributed by atoms with Gasteiger partial charge >= 0.3 is 0 Å². The second kappa shape index (κ2) is 6.78. The number of pyridine rings is 1. The Labute approximate surface area is 209 Å². The molecule has 1 aromatic heterocycles. The molecule has 178 valence electrons. The number of phenolic OH excluding ortho intramolecular Hbond substituents is 1. The molecule has 5 nitrogen and oxygen atoms in total. The Kier molecular flexibility index (Phi) is 3.99. The summed E-state index contributed by atoms with van der Waals surface area (Å²) in [6.45, 7) is 2.00. The molecule has 3 aromatic rings. The van der Waals surface area contributed by atoms with Crippen molar-refractivity contribution in [2.75, 3.05) is 13.1 Å². The average molecular weight is 487 g/mol. The number of hydrogen-bond donors (Lipinski definition) is 2. The highest BCUT2D eigenvalue weighted by Crippen LogP contribution is 2.68. The maximum Gasteiger partial charge on any atom is 0.166 e. The molecule has 0 radical (unpaired) electrons. The van der Waals surface area contributed by atoms with Gasteiger partial charge in [0.05, 0.1) is 16.7 Å². The highest BCUT2D eigenvalue weighted by Gasteiger charge is 2.72. The Morgan fingerprint density at radius 2 is 1.91 bits per heavy atom. The first-order valence-electron chi connectivity index (χ1n) is 12.7. The number of nitrogens with zero attached hydrogens (tertiary/aromatic N) is 2. The molecule has 3 heterocycles. The Bertz CT molecular complexity index is 1390. The minimum absolute atomic E-state index is 0.0262. The van der Waals surface area contributed by atoms with Crippen LogP contribution < -0.4 is 4.74 Å². The number of halogens is 1. The molecule has 2 aromatic carbocycles. The maximum absolute atomic E-state index is 12.8. The van der Waals surface area contributed by atoms with E-state index in [0.29, 0.717) is 17.2 Å². The molecular weight excluding hydrogens is 460 g/mol. The third-order valence-electron chi connectivity index (χ3n) is 9.40. The van der Waals surface area contributed by atoms with Crippen LogP contribution in [0, 0.1) is 5.92 Å². The van der Waals surface area contributed by atoms with E-state index >= 15 is 0 Å². The van der Waals surface area contributed by atoms with E-state index < -0.39 is 17.1 Å². The van der Waals surface area contributed by atoms with Gasteiger partial charge in [-0.05, 0) is 79.1 Å². The molecule has 2 bridgehead atoms. The van der Waals surface area contributed by atoms with Gasteiger partial charge in [-0.15, -0.1) is 0 Å². The molecule has 6 heteroatoms. The zero-order valence-corrected chi connectivity index (χ0v) is 20.1. The first kappa shape index (κ1) is 20.6. The van der Waals surface area contributed by atoms with Crippen LogP contribution in [0.2, 0.25) is 5.02 Å². The number of phenols is 1. The van der Waals surface area contributed by atoms with Gasteiger partial charge in [-0.3, -0.25) is 9.88 Å². The summed E-state index contributed by atoms with van der Waals surface area (Å²) in [7, 11) is 0. The van der Waals surface area contributed by atoms with Gasteiger partial charge < -0.3 is 14.9 Å². The highest BCUT2D eigenvalue weighted by molar-refractivity contribution is 6.30. The lowest BCUT2D eigenvalue weighted by atomic mass is 9.49. The Hall–Kier alpha value is -2.60. The van der Waals surface area contributed by atoms with Crippen LogP contribution in [0.25, 0.3) is 11.1 Å². The largest absolute Gasteiger partial charge is 0.504 e. The normalized spacial score (nSPS) is 32.1. The fraction of sp³-hybridized carbons (Fsp3) is 0.414. The van der Waals surface area contributed by atoms with Gasteiger partial charge in [-0.2, -0.15) is 0 Å². The molecule has 1 saturated heterocycles. The van der Waals surface area contributed by atoms with Gasteiger partial charge in [0.1, 0.15) is 0 Å². The Balaban J connectivity index is 1.32. The molecule has 1 spiro atoms. The summed E-state index contributed by atoms with van der Waals surface area (Å²) in [5.74, 6) is 1.47. The van der Waals surface area contributed by atoms with Gasteiger partial charge in [0.25, 0.3) is 0 Å². The SMILES string of the molecule is Oc1ccc2c3c1O[C@H]1c4ncc(-c5ccc(Cl)cc5)cc4C[C@@]4(O)C(C2)N(CC2CC2)CC[C@]314. The molecule has 35 heavy (non-hydrogen) atoms. The Morgan fingerprint density at radius 3 is 2.71 bits per heavy atom. The van der Waals surface area contributed by atoms with Gasteiger partial charge in [0.15, 0.2) is 17.6 Å². The van der Waals surface area contributed by atoms with E-state index in [1.807, 2.05) is 36.5 Å². The van der Waals surface area contributed by atoms with Gasteiger partial charge in [-0.1, -0.05) is 29.8 Å². The molecule has 2 aliphatic heterocycles. The maximum atomic E-state index is 12.8. The predicted octanol–water partition coefficient (Wildman–Crippen LogP) is 4.81. The number of rotatable bonds is 3. The summed E-state index contributed by atoms with van der Waals surface area (Å²) in [4.78, 5) is 7.50. The second-order valence-electron chi connectivity index (χ2n) is 11.2. The number of aromatic hydroxyl groups is 1. The molecule has 4 atom stereocenters. The monoisotopic (exact) mass is 486 g/mol. The molecule has 0 amide bonds. The number of aromatic nitrogens is 1. The lowest BCUT2D eigenvalue weighted by molar-refractivity contribution is -0.173. The summed E-state index contributed by atoms with van der Waals surface area (Å²) >= 11 is 6.11. The number of piperidine rings is 1. The van der Waals surface area contributed by atoms with Crippen molar-refractivity contribution in [1.29, 1.82) is 0 Å². The van der Waals surface area contributed by atoms with Crippen molar-refractivity contribution in [2.24, 2.45) is 5.92 Å². The topological polar surface area (TPSA) is 65.8 Å².